The van der Waals surface area contributed by atoms with Gasteiger partial charge in [-0.1, -0.05) is 15.9 Å². The zero-order valence-electron chi connectivity index (χ0n) is 19.2. The predicted octanol–water partition coefficient (Wildman–Crippen LogP) is 5.50. The van der Waals surface area contributed by atoms with Crippen molar-refractivity contribution >= 4 is 33.7 Å². The number of nitro groups is 1. The zero-order chi connectivity index (χ0) is 25.2. The minimum absolute atomic E-state index is 0.0156. The van der Waals surface area contributed by atoms with Gasteiger partial charge in [-0.3, -0.25) is 14.9 Å². The fourth-order valence-corrected chi connectivity index (χ4v) is 3.42. The molecule has 0 radical (unpaired) electrons. The van der Waals surface area contributed by atoms with Gasteiger partial charge in [0.25, 0.3) is 11.6 Å². The minimum Gasteiger partial charge on any atom is -0.490 e. The maximum absolute atomic E-state index is 12.6. The SMILES string of the molecule is CCOc1ccc(C(=O)N/N=C/c2cc(Br)ccc2OCc2ccc([N+](=O)[O-])cc2)cc1OCC. The van der Waals surface area contributed by atoms with Gasteiger partial charge in [0, 0.05) is 27.7 Å². The monoisotopic (exact) mass is 541 g/mol. The number of nitro benzene ring substituents is 1. The van der Waals surface area contributed by atoms with Crippen molar-refractivity contribution in [2.75, 3.05) is 13.2 Å². The van der Waals surface area contributed by atoms with Crippen molar-refractivity contribution in [3.05, 3.63) is 91.9 Å². The maximum atomic E-state index is 12.6. The van der Waals surface area contributed by atoms with Gasteiger partial charge in [0.15, 0.2) is 11.5 Å². The van der Waals surface area contributed by atoms with Crippen LogP contribution in [-0.4, -0.2) is 30.3 Å². The highest BCUT2D eigenvalue weighted by molar-refractivity contribution is 9.10. The Labute approximate surface area is 211 Å². The van der Waals surface area contributed by atoms with E-state index in [1.807, 2.05) is 19.9 Å². The molecule has 1 N–H and O–H groups in total. The van der Waals surface area contributed by atoms with Gasteiger partial charge in [0.2, 0.25) is 0 Å². The van der Waals surface area contributed by atoms with E-state index >= 15 is 0 Å². The Morgan fingerprint density at radius 1 is 0.971 bits per heavy atom. The molecule has 3 aromatic carbocycles. The number of ether oxygens (including phenoxy) is 3. The van der Waals surface area contributed by atoms with Crippen LogP contribution in [0.4, 0.5) is 5.69 Å². The Morgan fingerprint density at radius 2 is 1.66 bits per heavy atom. The van der Waals surface area contributed by atoms with Gasteiger partial charge in [-0.15, -0.1) is 0 Å². The van der Waals surface area contributed by atoms with E-state index in [9.17, 15) is 14.9 Å². The van der Waals surface area contributed by atoms with Gasteiger partial charge < -0.3 is 14.2 Å². The Kier molecular flexibility index (Phi) is 9.19. The number of halogens is 1. The Morgan fingerprint density at radius 3 is 2.34 bits per heavy atom. The number of carbonyl (C=O) groups is 1. The summed E-state index contributed by atoms with van der Waals surface area (Å²) in [6, 6.07) is 16.4. The number of hydrazone groups is 1. The summed E-state index contributed by atoms with van der Waals surface area (Å²) in [7, 11) is 0. The van der Waals surface area contributed by atoms with E-state index in [-0.39, 0.29) is 12.3 Å². The molecular weight excluding hydrogens is 518 g/mol. The van der Waals surface area contributed by atoms with Crippen molar-refractivity contribution in [3.8, 4) is 17.2 Å². The summed E-state index contributed by atoms with van der Waals surface area (Å²) < 4.78 is 17.8. The molecule has 0 aromatic heterocycles. The van der Waals surface area contributed by atoms with Crippen LogP contribution in [0, 0.1) is 10.1 Å². The molecule has 182 valence electrons. The number of non-ortho nitro benzene ring substituents is 1. The smallest absolute Gasteiger partial charge is 0.271 e. The van der Waals surface area contributed by atoms with Gasteiger partial charge in [0.1, 0.15) is 12.4 Å². The van der Waals surface area contributed by atoms with E-state index in [0.29, 0.717) is 41.6 Å². The molecular formula is C25H24BrN3O6. The van der Waals surface area contributed by atoms with Crippen LogP contribution >= 0.6 is 15.9 Å². The topological polar surface area (TPSA) is 112 Å². The second-order valence-corrected chi connectivity index (χ2v) is 8.04. The van der Waals surface area contributed by atoms with Crippen LogP contribution in [-0.2, 0) is 6.61 Å². The number of benzene rings is 3. The number of nitrogens with zero attached hydrogens (tertiary/aromatic N) is 2. The number of hydrogen-bond acceptors (Lipinski definition) is 7. The maximum Gasteiger partial charge on any atom is 0.271 e. The summed E-state index contributed by atoms with van der Waals surface area (Å²) in [4.78, 5) is 22.9. The molecule has 3 rings (SSSR count). The fraction of sp³-hybridized carbons (Fsp3) is 0.200. The van der Waals surface area contributed by atoms with Gasteiger partial charge >= 0.3 is 0 Å². The average molecular weight is 542 g/mol. The third-order valence-electron chi connectivity index (χ3n) is 4.69. The first-order chi connectivity index (χ1) is 16.9. The lowest BCUT2D eigenvalue weighted by molar-refractivity contribution is -0.384. The third kappa shape index (κ3) is 7.28. The minimum atomic E-state index is -0.451. The number of nitrogens with one attached hydrogen (secondary N) is 1. The normalized spacial score (nSPS) is 10.7. The zero-order valence-corrected chi connectivity index (χ0v) is 20.8. The van der Waals surface area contributed by atoms with Crippen LogP contribution in [0.15, 0.2) is 70.2 Å². The van der Waals surface area contributed by atoms with Crippen LogP contribution in [0.5, 0.6) is 17.2 Å². The predicted molar refractivity (Wildman–Crippen MR) is 135 cm³/mol. The molecule has 10 heteroatoms. The summed E-state index contributed by atoms with van der Waals surface area (Å²) in [6.45, 7) is 4.86. The lowest BCUT2D eigenvalue weighted by Gasteiger charge is -2.12. The number of carbonyl (C=O) groups excluding carboxylic acids is 1. The number of amides is 1. The molecule has 0 heterocycles. The molecule has 0 aliphatic carbocycles. The van der Waals surface area contributed by atoms with Crippen LogP contribution in [0.3, 0.4) is 0 Å². The molecule has 0 saturated heterocycles. The molecule has 0 bridgehead atoms. The Bertz CT molecular complexity index is 1210. The quantitative estimate of drug-likeness (QED) is 0.195. The summed E-state index contributed by atoms with van der Waals surface area (Å²) in [5, 5.41) is 14.9. The first-order valence-electron chi connectivity index (χ1n) is 10.8. The molecule has 9 nitrogen and oxygen atoms in total. The third-order valence-corrected chi connectivity index (χ3v) is 5.18. The van der Waals surface area contributed by atoms with Gasteiger partial charge in [0.05, 0.1) is 24.4 Å². The van der Waals surface area contributed by atoms with E-state index in [4.69, 9.17) is 14.2 Å². The number of rotatable bonds is 11. The molecule has 0 atom stereocenters. The van der Waals surface area contributed by atoms with Crippen molar-refractivity contribution < 1.29 is 23.9 Å². The van der Waals surface area contributed by atoms with Gasteiger partial charge in [-0.05, 0) is 67.9 Å². The highest BCUT2D eigenvalue weighted by atomic mass is 79.9. The second kappa shape index (κ2) is 12.5. The van der Waals surface area contributed by atoms with Crippen molar-refractivity contribution in [1.82, 2.24) is 5.43 Å². The molecule has 0 unspecified atom stereocenters. The molecule has 1 amide bonds. The molecule has 0 aliphatic rings. The summed E-state index contributed by atoms with van der Waals surface area (Å²) in [6.07, 6.45) is 1.48. The molecule has 0 spiro atoms. The average Bonchev–Trinajstić information content (AvgIpc) is 2.85. The van der Waals surface area contributed by atoms with Crippen LogP contribution in [0.1, 0.15) is 35.3 Å². The van der Waals surface area contributed by atoms with Crippen molar-refractivity contribution in [2.45, 2.75) is 20.5 Å². The lowest BCUT2D eigenvalue weighted by Crippen LogP contribution is -2.18. The van der Waals surface area contributed by atoms with E-state index < -0.39 is 10.8 Å². The molecule has 0 saturated carbocycles. The van der Waals surface area contributed by atoms with Crippen molar-refractivity contribution in [3.63, 3.8) is 0 Å². The summed E-state index contributed by atoms with van der Waals surface area (Å²) in [5.74, 6) is 1.18. The van der Waals surface area contributed by atoms with E-state index in [0.717, 1.165) is 10.0 Å². The first-order valence-corrected chi connectivity index (χ1v) is 11.6. The number of hydrogen-bond donors (Lipinski definition) is 1. The molecule has 3 aromatic rings. The van der Waals surface area contributed by atoms with Crippen LogP contribution < -0.4 is 19.6 Å². The van der Waals surface area contributed by atoms with Gasteiger partial charge in [-0.2, -0.15) is 5.10 Å². The van der Waals surface area contributed by atoms with Gasteiger partial charge in [-0.25, -0.2) is 5.43 Å². The Balaban J connectivity index is 1.68. The standard InChI is InChI=1S/C25H24BrN3O6/c1-3-33-23-11-7-18(14-24(23)34-4-2)25(30)28-27-15-19-13-20(26)8-12-22(19)35-16-17-5-9-21(10-6-17)29(31)32/h5-15H,3-4,16H2,1-2H3,(H,28,30)/b27-15+. The highest BCUT2D eigenvalue weighted by Crippen LogP contribution is 2.28. The summed E-state index contributed by atoms with van der Waals surface area (Å²) in [5.41, 5.74) is 4.30. The van der Waals surface area contributed by atoms with Crippen molar-refractivity contribution in [2.24, 2.45) is 5.10 Å². The molecule has 0 fully saturated rings. The van der Waals surface area contributed by atoms with E-state index in [2.05, 4.69) is 26.5 Å². The van der Waals surface area contributed by atoms with E-state index in [1.54, 1.807) is 42.5 Å². The lowest BCUT2D eigenvalue weighted by atomic mass is 10.2. The largest absolute Gasteiger partial charge is 0.490 e. The van der Waals surface area contributed by atoms with Crippen molar-refractivity contribution in [1.29, 1.82) is 0 Å². The van der Waals surface area contributed by atoms with Crippen LogP contribution in [0.25, 0.3) is 0 Å². The fourth-order valence-electron chi connectivity index (χ4n) is 3.04. The first kappa shape index (κ1) is 25.7. The molecule has 0 aliphatic heterocycles. The summed E-state index contributed by atoms with van der Waals surface area (Å²) >= 11 is 3.42. The Hall–Kier alpha value is -3.92. The van der Waals surface area contributed by atoms with E-state index in [1.165, 1.54) is 18.3 Å². The molecule has 35 heavy (non-hydrogen) atoms. The second-order valence-electron chi connectivity index (χ2n) is 7.12. The highest BCUT2D eigenvalue weighted by Gasteiger charge is 2.11. The van der Waals surface area contributed by atoms with Crippen LogP contribution in [0.2, 0.25) is 0 Å².